The van der Waals surface area contributed by atoms with Gasteiger partial charge in [0.1, 0.15) is 5.75 Å². The van der Waals surface area contributed by atoms with Gasteiger partial charge in [-0.2, -0.15) is 0 Å². The van der Waals surface area contributed by atoms with Crippen molar-refractivity contribution in [2.24, 2.45) is 5.92 Å². The molecule has 0 bridgehead atoms. The third-order valence-corrected chi connectivity index (χ3v) is 5.46. The van der Waals surface area contributed by atoms with Crippen LogP contribution < -0.4 is 4.74 Å². The molecular weight excluding hydrogens is 278 g/mol. The van der Waals surface area contributed by atoms with Crippen LogP contribution in [0.2, 0.25) is 0 Å². The molecule has 0 aromatic heterocycles. The first kappa shape index (κ1) is 15.3. The standard InChI is InChI=1S/C14H21NO4S/c1-15(11-12-7-9-19-10-8-12)20(16,17)14-5-3-13(18-2)4-6-14/h3-6,12H,7-11H2,1-2H3. The summed E-state index contributed by atoms with van der Waals surface area (Å²) in [6.07, 6.45) is 1.84. The summed E-state index contributed by atoms with van der Waals surface area (Å²) in [5, 5.41) is 0. The van der Waals surface area contributed by atoms with Crippen LogP contribution in [0.25, 0.3) is 0 Å². The van der Waals surface area contributed by atoms with E-state index in [9.17, 15) is 8.42 Å². The summed E-state index contributed by atoms with van der Waals surface area (Å²) in [5.41, 5.74) is 0. The minimum atomic E-state index is -3.43. The molecule has 1 fully saturated rings. The molecule has 0 aliphatic carbocycles. The maximum Gasteiger partial charge on any atom is 0.242 e. The van der Waals surface area contributed by atoms with E-state index in [1.807, 2.05) is 0 Å². The smallest absolute Gasteiger partial charge is 0.242 e. The number of rotatable bonds is 5. The Balaban J connectivity index is 2.07. The molecule has 1 aliphatic heterocycles. The second-order valence-corrected chi connectivity index (χ2v) is 7.06. The maximum absolute atomic E-state index is 12.5. The van der Waals surface area contributed by atoms with Gasteiger partial charge in [0.05, 0.1) is 12.0 Å². The number of methoxy groups -OCH3 is 1. The summed E-state index contributed by atoms with van der Waals surface area (Å²) in [6.45, 7) is 1.99. The molecule has 112 valence electrons. The van der Waals surface area contributed by atoms with Gasteiger partial charge < -0.3 is 9.47 Å². The molecule has 0 spiro atoms. The van der Waals surface area contributed by atoms with E-state index in [1.54, 1.807) is 38.4 Å². The van der Waals surface area contributed by atoms with Crippen molar-refractivity contribution < 1.29 is 17.9 Å². The zero-order chi connectivity index (χ0) is 14.6. The Morgan fingerprint density at radius 1 is 1.25 bits per heavy atom. The molecule has 1 saturated heterocycles. The summed E-state index contributed by atoms with van der Waals surface area (Å²) < 4.78 is 36.7. The summed E-state index contributed by atoms with van der Waals surface area (Å²) >= 11 is 0. The van der Waals surface area contributed by atoms with Crippen LogP contribution in [0, 0.1) is 5.92 Å². The van der Waals surface area contributed by atoms with Gasteiger partial charge in [0.2, 0.25) is 10.0 Å². The van der Waals surface area contributed by atoms with Gasteiger partial charge in [-0.25, -0.2) is 12.7 Å². The van der Waals surface area contributed by atoms with Gasteiger partial charge in [-0.05, 0) is 43.0 Å². The maximum atomic E-state index is 12.5. The first-order chi connectivity index (χ1) is 9.54. The van der Waals surface area contributed by atoms with Crippen LogP contribution in [0.4, 0.5) is 0 Å². The molecule has 1 heterocycles. The molecule has 1 aromatic carbocycles. The molecule has 1 aliphatic rings. The molecule has 6 heteroatoms. The Labute approximate surface area is 120 Å². The van der Waals surface area contributed by atoms with E-state index in [2.05, 4.69) is 0 Å². The fourth-order valence-corrected chi connectivity index (χ4v) is 3.57. The summed E-state index contributed by atoms with van der Waals surface area (Å²) in [4.78, 5) is 0.299. The number of benzene rings is 1. The number of nitrogens with zero attached hydrogens (tertiary/aromatic N) is 1. The zero-order valence-corrected chi connectivity index (χ0v) is 12.7. The largest absolute Gasteiger partial charge is 0.497 e. The molecule has 1 aromatic rings. The van der Waals surface area contributed by atoms with E-state index < -0.39 is 10.0 Å². The Kier molecular flexibility index (Phi) is 5.01. The third kappa shape index (κ3) is 3.50. The molecule has 0 unspecified atom stereocenters. The number of hydrogen-bond donors (Lipinski definition) is 0. The van der Waals surface area contributed by atoms with Gasteiger partial charge in [-0.1, -0.05) is 0 Å². The lowest BCUT2D eigenvalue weighted by molar-refractivity contribution is 0.0620. The van der Waals surface area contributed by atoms with Gasteiger partial charge >= 0.3 is 0 Å². The molecule has 0 atom stereocenters. The molecular formula is C14H21NO4S. The van der Waals surface area contributed by atoms with Gasteiger partial charge in [0.25, 0.3) is 0 Å². The van der Waals surface area contributed by atoms with E-state index in [1.165, 1.54) is 4.31 Å². The third-order valence-electron chi connectivity index (χ3n) is 3.62. The quantitative estimate of drug-likeness (QED) is 0.831. The highest BCUT2D eigenvalue weighted by atomic mass is 32.2. The van der Waals surface area contributed by atoms with Crippen LogP contribution in [0.5, 0.6) is 5.75 Å². The lowest BCUT2D eigenvalue weighted by Gasteiger charge is -2.26. The Bertz CT molecular complexity index is 521. The predicted molar refractivity (Wildman–Crippen MR) is 76.4 cm³/mol. The van der Waals surface area contributed by atoms with Crippen molar-refractivity contribution in [2.75, 3.05) is 33.9 Å². The lowest BCUT2D eigenvalue weighted by atomic mass is 10.0. The molecule has 0 saturated carbocycles. The van der Waals surface area contributed by atoms with Crippen molar-refractivity contribution in [3.05, 3.63) is 24.3 Å². The number of ether oxygens (including phenoxy) is 2. The highest BCUT2D eigenvalue weighted by Gasteiger charge is 2.24. The lowest BCUT2D eigenvalue weighted by Crippen LogP contribution is -2.34. The van der Waals surface area contributed by atoms with Crippen LogP contribution in [0.15, 0.2) is 29.2 Å². The van der Waals surface area contributed by atoms with Crippen LogP contribution >= 0.6 is 0 Å². The first-order valence-electron chi connectivity index (χ1n) is 6.72. The van der Waals surface area contributed by atoms with Crippen LogP contribution in [-0.4, -0.2) is 46.6 Å². The topological polar surface area (TPSA) is 55.8 Å². The summed E-state index contributed by atoms with van der Waals surface area (Å²) in [7, 11) is -0.236. The van der Waals surface area contributed by atoms with Crippen LogP contribution in [-0.2, 0) is 14.8 Å². The Morgan fingerprint density at radius 2 is 1.85 bits per heavy atom. The minimum absolute atomic E-state index is 0.299. The zero-order valence-electron chi connectivity index (χ0n) is 11.9. The van der Waals surface area contributed by atoms with Crippen molar-refractivity contribution in [1.82, 2.24) is 4.31 Å². The molecule has 20 heavy (non-hydrogen) atoms. The van der Waals surface area contributed by atoms with Crippen molar-refractivity contribution in [3.63, 3.8) is 0 Å². The van der Waals surface area contributed by atoms with Gasteiger partial charge in [-0.3, -0.25) is 0 Å². The Hall–Kier alpha value is -1.11. The Morgan fingerprint density at radius 3 is 2.40 bits per heavy atom. The highest BCUT2D eigenvalue weighted by Crippen LogP contribution is 2.22. The molecule has 0 amide bonds. The minimum Gasteiger partial charge on any atom is -0.497 e. The van der Waals surface area contributed by atoms with Gasteiger partial charge in [-0.15, -0.1) is 0 Å². The fourth-order valence-electron chi connectivity index (χ4n) is 2.32. The molecule has 2 rings (SSSR count). The average molecular weight is 299 g/mol. The van der Waals surface area contributed by atoms with E-state index in [0.29, 0.717) is 23.1 Å². The predicted octanol–water partition coefficient (Wildman–Crippen LogP) is 1.74. The molecule has 5 nitrogen and oxygen atoms in total. The van der Waals surface area contributed by atoms with Crippen LogP contribution in [0.3, 0.4) is 0 Å². The number of sulfonamides is 1. The van der Waals surface area contributed by atoms with E-state index >= 15 is 0 Å². The van der Waals surface area contributed by atoms with Gasteiger partial charge in [0, 0.05) is 26.8 Å². The SMILES string of the molecule is COc1ccc(S(=O)(=O)N(C)CC2CCOCC2)cc1. The molecule has 0 radical (unpaired) electrons. The second kappa shape index (κ2) is 6.56. The van der Waals surface area contributed by atoms with E-state index in [4.69, 9.17) is 9.47 Å². The van der Waals surface area contributed by atoms with Crippen molar-refractivity contribution in [3.8, 4) is 5.75 Å². The second-order valence-electron chi connectivity index (χ2n) is 5.02. The van der Waals surface area contributed by atoms with E-state index in [0.717, 1.165) is 26.1 Å². The van der Waals surface area contributed by atoms with Crippen molar-refractivity contribution in [1.29, 1.82) is 0 Å². The van der Waals surface area contributed by atoms with Crippen LogP contribution in [0.1, 0.15) is 12.8 Å². The average Bonchev–Trinajstić information content (AvgIpc) is 2.48. The summed E-state index contributed by atoms with van der Waals surface area (Å²) in [6, 6.07) is 6.48. The highest BCUT2D eigenvalue weighted by molar-refractivity contribution is 7.89. The summed E-state index contributed by atoms with van der Waals surface area (Å²) in [5.74, 6) is 1.03. The van der Waals surface area contributed by atoms with Crippen molar-refractivity contribution in [2.45, 2.75) is 17.7 Å². The number of hydrogen-bond acceptors (Lipinski definition) is 4. The normalized spacial score (nSPS) is 17.4. The fraction of sp³-hybridized carbons (Fsp3) is 0.571. The van der Waals surface area contributed by atoms with Crippen molar-refractivity contribution >= 4 is 10.0 Å². The van der Waals surface area contributed by atoms with E-state index in [-0.39, 0.29) is 0 Å². The molecule has 0 N–H and O–H groups in total. The monoisotopic (exact) mass is 299 g/mol. The first-order valence-corrected chi connectivity index (χ1v) is 8.16. The van der Waals surface area contributed by atoms with Gasteiger partial charge in [0.15, 0.2) is 0 Å².